The van der Waals surface area contributed by atoms with Gasteiger partial charge in [-0.3, -0.25) is 19.7 Å². The van der Waals surface area contributed by atoms with Crippen molar-refractivity contribution < 1.29 is 29.5 Å². The van der Waals surface area contributed by atoms with Crippen LogP contribution in [0.15, 0.2) is 30.5 Å². The van der Waals surface area contributed by atoms with Crippen molar-refractivity contribution in [3.63, 3.8) is 0 Å². The Hall–Kier alpha value is -5.08. The zero-order valence-electron chi connectivity index (χ0n) is 18.9. The van der Waals surface area contributed by atoms with E-state index >= 15 is 0 Å². The second-order valence-corrected chi connectivity index (χ2v) is 7.75. The Labute approximate surface area is 202 Å². The molecule has 0 aliphatic rings. The maximum absolute atomic E-state index is 12.4. The van der Waals surface area contributed by atoms with Gasteiger partial charge in [0.05, 0.1) is 23.4 Å². The van der Waals surface area contributed by atoms with Crippen molar-refractivity contribution in [1.29, 1.82) is 0 Å². The highest BCUT2D eigenvalue weighted by Gasteiger charge is 2.24. The van der Waals surface area contributed by atoms with Crippen molar-refractivity contribution in [1.82, 2.24) is 20.3 Å². The van der Waals surface area contributed by atoms with Gasteiger partial charge in [0.2, 0.25) is 5.82 Å². The fraction of sp³-hybridized carbons (Fsp3) is 0.238. The van der Waals surface area contributed by atoms with Gasteiger partial charge >= 0.3 is 17.6 Å². The molecule has 0 saturated heterocycles. The van der Waals surface area contributed by atoms with E-state index in [1.54, 1.807) is 24.1 Å². The number of amides is 1. The average molecular weight is 498 g/mol. The number of nitrogens with two attached hydrogens (primary N) is 2. The largest absolute Gasteiger partial charge is 0.481 e. The molecule has 2 heterocycles. The summed E-state index contributed by atoms with van der Waals surface area (Å²) in [6.07, 6.45) is 0.780. The number of nitrogens with one attached hydrogen (secondary N) is 1. The van der Waals surface area contributed by atoms with Crippen molar-refractivity contribution in [2.45, 2.75) is 25.4 Å². The number of nitro groups is 1. The summed E-state index contributed by atoms with van der Waals surface area (Å²) in [6.45, 7) is 0.225. The molecule has 1 atom stereocenters. The van der Waals surface area contributed by atoms with Gasteiger partial charge in [0.1, 0.15) is 17.2 Å². The number of fused-ring (bicyclic) bond motifs is 1. The summed E-state index contributed by atoms with van der Waals surface area (Å²) >= 11 is 0. The van der Waals surface area contributed by atoms with Crippen molar-refractivity contribution in [2.24, 2.45) is 0 Å². The molecule has 1 amide bonds. The van der Waals surface area contributed by atoms with Crippen molar-refractivity contribution in [2.75, 3.05) is 23.4 Å². The molecule has 15 nitrogen and oxygen atoms in total. The van der Waals surface area contributed by atoms with Crippen molar-refractivity contribution in [3.8, 4) is 0 Å². The minimum atomic E-state index is -1.34. The number of carboxylic acids is 2. The number of aliphatic carboxylic acids is 2. The van der Waals surface area contributed by atoms with Gasteiger partial charge in [0, 0.05) is 24.7 Å². The molecule has 3 rings (SSSR count). The van der Waals surface area contributed by atoms with E-state index in [0.29, 0.717) is 11.4 Å². The van der Waals surface area contributed by atoms with Crippen LogP contribution in [-0.2, 0) is 16.1 Å². The molecule has 1 aromatic carbocycles. The maximum Gasteiger partial charge on any atom is 0.336 e. The molecule has 3 aromatic rings. The standard InChI is InChI=1S/C21H22N8O7/c1-28(9-11-8-24-19-16(25-11)15(22)17(29(35)36)18(23)27-19)12-4-2-10(3-5-12)20(32)26-13(21(33)34)6-7-14(30)31/h2-5,8,13H,6-7,9H2,1H3,(H,26,32)(H,30,31)(H,33,34)(H4,22,23,24,27). The topological polar surface area (TPSA) is 241 Å². The van der Waals surface area contributed by atoms with Gasteiger partial charge in [-0.15, -0.1) is 0 Å². The molecule has 0 aliphatic heterocycles. The molecule has 188 valence electrons. The predicted octanol–water partition coefficient (Wildman–Crippen LogP) is 0.782. The number of nitrogen functional groups attached to an aromatic ring is 2. The Kier molecular flexibility index (Phi) is 7.42. The van der Waals surface area contributed by atoms with Crippen LogP contribution in [0.25, 0.3) is 11.2 Å². The lowest BCUT2D eigenvalue weighted by molar-refractivity contribution is -0.383. The summed E-state index contributed by atoms with van der Waals surface area (Å²) in [6, 6.07) is 4.88. The second-order valence-electron chi connectivity index (χ2n) is 7.75. The number of carbonyl (C=O) groups is 3. The summed E-state index contributed by atoms with van der Waals surface area (Å²) in [5, 5.41) is 31.5. The lowest BCUT2D eigenvalue weighted by Gasteiger charge is -2.19. The molecular formula is C21H22N8O7. The highest BCUT2D eigenvalue weighted by molar-refractivity contribution is 5.97. The molecule has 1 unspecified atom stereocenters. The first-order valence-corrected chi connectivity index (χ1v) is 10.4. The summed E-state index contributed by atoms with van der Waals surface area (Å²) in [7, 11) is 1.74. The summed E-state index contributed by atoms with van der Waals surface area (Å²) in [4.78, 5) is 59.0. The minimum Gasteiger partial charge on any atom is -0.481 e. The van der Waals surface area contributed by atoms with Gasteiger partial charge in [0.25, 0.3) is 5.91 Å². The quantitative estimate of drug-likeness (QED) is 0.192. The fourth-order valence-electron chi connectivity index (χ4n) is 3.34. The van der Waals surface area contributed by atoms with Crippen molar-refractivity contribution in [3.05, 3.63) is 51.8 Å². The third kappa shape index (κ3) is 5.69. The lowest BCUT2D eigenvalue weighted by Crippen LogP contribution is -2.41. The monoisotopic (exact) mass is 498 g/mol. The average Bonchev–Trinajstić information content (AvgIpc) is 2.81. The summed E-state index contributed by atoms with van der Waals surface area (Å²) in [5.41, 5.74) is 12.1. The Bertz CT molecular complexity index is 1350. The van der Waals surface area contributed by atoms with Gasteiger partial charge in [-0.05, 0) is 30.7 Å². The Morgan fingerprint density at radius 2 is 1.83 bits per heavy atom. The molecule has 7 N–H and O–H groups in total. The van der Waals surface area contributed by atoms with Crippen LogP contribution in [0.5, 0.6) is 0 Å². The predicted molar refractivity (Wildman–Crippen MR) is 127 cm³/mol. The van der Waals surface area contributed by atoms with E-state index in [2.05, 4.69) is 20.3 Å². The molecular weight excluding hydrogens is 476 g/mol. The Balaban J connectivity index is 1.73. The Morgan fingerprint density at radius 1 is 1.17 bits per heavy atom. The number of aromatic nitrogens is 3. The number of nitrogens with zero attached hydrogens (tertiary/aromatic N) is 5. The molecule has 36 heavy (non-hydrogen) atoms. The van der Waals surface area contributed by atoms with E-state index in [0.717, 1.165) is 0 Å². The number of hydrogen-bond acceptors (Lipinski definition) is 11. The van der Waals surface area contributed by atoms with E-state index in [9.17, 15) is 29.6 Å². The van der Waals surface area contributed by atoms with Crippen LogP contribution in [0.2, 0.25) is 0 Å². The SMILES string of the molecule is CN(Cc1cnc2nc(N)c([N+](=O)[O-])c(N)c2n1)c1ccc(C(=O)NC(CCC(=O)O)C(=O)O)cc1. The second kappa shape index (κ2) is 10.5. The van der Waals surface area contributed by atoms with Crippen LogP contribution in [0.4, 0.5) is 22.9 Å². The van der Waals surface area contributed by atoms with E-state index in [4.69, 9.17) is 16.6 Å². The lowest BCUT2D eigenvalue weighted by atomic mass is 10.1. The highest BCUT2D eigenvalue weighted by atomic mass is 16.6. The number of hydrogen-bond donors (Lipinski definition) is 5. The minimum absolute atomic E-state index is 0.0460. The number of benzene rings is 1. The van der Waals surface area contributed by atoms with Crippen molar-refractivity contribution >= 4 is 51.9 Å². The number of anilines is 3. The van der Waals surface area contributed by atoms with Crippen LogP contribution in [-0.4, -0.2) is 61.0 Å². The fourth-order valence-corrected chi connectivity index (χ4v) is 3.34. The zero-order chi connectivity index (χ0) is 26.6. The van der Waals surface area contributed by atoms with Crippen LogP contribution >= 0.6 is 0 Å². The first-order valence-electron chi connectivity index (χ1n) is 10.4. The maximum atomic E-state index is 12.4. The van der Waals surface area contributed by atoms with Gasteiger partial charge in [0.15, 0.2) is 5.65 Å². The van der Waals surface area contributed by atoms with E-state index < -0.39 is 40.9 Å². The third-order valence-corrected chi connectivity index (χ3v) is 5.18. The van der Waals surface area contributed by atoms with Crippen LogP contribution in [0, 0.1) is 10.1 Å². The van der Waals surface area contributed by atoms with Crippen LogP contribution < -0.4 is 21.7 Å². The number of carbonyl (C=O) groups excluding carboxylic acids is 1. The zero-order valence-corrected chi connectivity index (χ0v) is 18.9. The smallest absolute Gasteiger partial charge is 0.336 e. The molecule has 0 saturated carbocycles. The molecule has 0 aliphatic carbocycles. The van der Waals surface area contributed by atoms with Gasteiger partial charge in [-0.25, -0.2) is 19.7 Å². The Morgan fingerprint density at radius 3 is 2.42 bits per heavy atom. The molecule has 2 aromatic heterocycles. The van der Waals surface area contributed by atoms with Crippen LogP contribution in [0.3, 0.4) is 0 Å². The normalized spacial score (nSPS) is 11.6. The first-order chi connectivity index (χ1) is 17.0. The molecule has 15 heteroatoms. The first kappa shape index (κ1) is 25.5. The van der Waals surface area contributed by atoms with E-state index in [1.165, 1.54) is 18.3 Å². The molecule has 0 fully saturated rings. The molecule has 0 bridgehead atoms. The number of pyridine rings is 1. The van der Waals surface area contributed by atoms with Gasteiger partial charge < -0.3 is 31.9 Å². The summed E-state index contributed by atoms with van der Waals surface area (Å²) in [5.74, 6) is -3.52. The number of carboxylic acid groups (broad SMARTS) is 2. The number of rotatable bonds is 10. The third-order valence-electron chi connectivity index (χ3n) is 5.18. The molecule has 0 spiro atoms. The summed E-state index contributed by atoms with van der Waals surface area (Å²) < 4.78 is 0. The van der Waals surface area contributed by atoms with E-state index in [-0.39, 0.29) is 41.2 Å². The van der Waals surface area contributed by atoms with E-state index in [1.807, 2.05) is 0 Å². The van der Waals surface area contributed by atoms with Gasteiger partial charge in [-0.2, -0.15) is 0 Å². The molecule has 0 radical (unpaired) electrons. The van der Waals surface area contributed by atoms with Gasteiger partial charge in [-0.1, -0.05) is 0 Å². The highest BCUT2D eigenvalue weighted by Crippen LogP contribution is 2.32. The van der Waals surface area contributed by atoms with Crippen LogP contribution in [0.1, 0.15) is 28.9 Å².